The molecule has 0 bridgehead atoms. The molecule has 0 unspecified atom stereocenters. The van der Waals surface area contributed by atoms with Crippen LogP contribution < -0.4 is 25.6 Å². The van der Waals surface area contributed by atoms with Gasteiger partial charge in [0.25, 0.3) is 0 Å². The lowest BCUT2D eigenvalue weighted by molar-refractivity contribution is -0.111. The Morgan fingerprint density at radius 3 is 2.62 bits per heavy atom. The SMILES string of the molecule is C=CC(=O)Nc1cc(Nc2nccc(Nc3cccc(C4CC4)c3)n2)c(OC(F)F)cc1N(C)CCN(C)C. The topological polar surface area (TPSA) is 94.6 Å². The van der Waals surface area contributed by atoms with Gasteiger partial charge in [0.15, 0.2) is 5.75 Å². The number of ether oxygens (including phenoxy) is 1. The van der Waals surface area contributed by atoms with Crippen molar-refractivity contribution in [2.24, 2.45) is 0 Å². The smallest absolute Gasteiger partial charge is 0.387 e. The highest BCUT2D eigenvalue weighted by molar-refractivity contribution is 6.02. The van der Waals surface area contributed by atoms with Gasteiger partial charge in [0, 0.05) is 38.1 Å². The normalized spacial score (nSPS) is 12.8. The van der Waals surface area contributed by atoms with E-state index in [1.165, 1.54) is 30.5 Å². The molecule has 1 aliphatic carbocycles. The maximum atomic E-state index is 13.4. The van der Waals surface area contributed by atoms with Gasteiger partial charge in [-0.15, -0.1) is 0 Å². The number of likely N-dealkylation sites (N-methyl/N-ethyl adjacent to an activating group) is 2. The predicted octanol–water partition coefficient (Wildman–Crippen LogP) is 5.56. The van der Waals surface area contributed by atoms with E-state index >= 15 is 0 Å². The number of carbonyl (C=O) groups is 1. The minimum absolute atomic E-state index is 0.118. The van der Waals surface area contributed by atoms with Crippen molar-refractivity contribution >= 4 is 40.4 Å². The van der Waals surface area contributed by atoms with E-state index in [1.807, 2.05) is 36.0 Å². The third-order valence-corrected chi connectivity index (χ3v) is 6.16. The van der Waals surface area contributed by atoms with Crippen LogP contribution in [0, 0.1) is 0 Å². The number of carbonyl (C=O) groups excluding carboxylic acids is 1. The lowest BCUT2D eigenvalue weighted by atomic mass is 10.1. The van der Waals surface area contributed by atoms with Crippen LogP contribution in [0.15, 0.2) is 61.3 Å². The maximum Gasteiger partial charge on any atom is 0.387 e. The van der Waals surface area contributed by atoms with E-state index in [0.717, 1.165) is 11.8 Å². The first-order chi connectivity index (χ1) is 18.7. The van der Waals surface area contributed by atoms with Gasteiger partial charge in [-0.25, -0.2) is 4.98 Å². The van der Waals surface area contributed by atoms with Crippen LogP contribution in [0.25, 0.3) is 0 Å². The van der Waals surface area contributed by atoms with Crippen LogP contribution in [0.2, 0.25) is 0 Å². The van der Waals surface area contributed by atoms with E-state index < -0.39 is 12.5 Å². The van der Waals surface area contributed by atoms with Crippen LogP contribution in [-0.4, -0.2) is 61.6 Å². The molecule has 1 aliphatic rings. The van der Waals surface area contributed by atoms with Crippen molar-refractivity contribution < 1.29 is 18.3 Å². The molecule has 2 aromatic carbocycles. The van der Waals surface area contributed by atoms with Gasteiger partial charge in [-0.2, -0.15) is 13.8 Å². The first-order valence-corrected chi connectivity index (χ1v) is 12.6. The number of halogens is 2. The van der Waals surface area contributed by atoms with Gasteiger partial charge in [0.2, 0.25) is 11.9 Å². The average Bonchev–Trinajstić information content (AvgIpc) is 3.74. The molecule has 11 heteroatoms. The molecular weight excluding hydrogens is 504 g/mol. The molecule has 1 aromatic heterocycles. The Labute approximate surface area is 226 Å². The number of benzene rings is 2. The van der Waals surface area contributed by atoms with Crippen molar-refractivity contribution in [2.75, 3.05) is 55.1 Å². The zero-order chi connectivity index (χ0) is 27.9. The Morgan fingerprint density at radius 1 is 1.13 bits per heavy atom. The Hall–Kier alpha value is -4.25. The number of hydrogen-bond donors (Lipinski definition) is 3. The summed E-state index contributed by atoms with van der Waals surface area (Å²) in [5.74, 6) is 0.737. The first-order valence-electron chi connectivity index (χ1n) is 12.6. The van der Waals surface area contributed by atoms with Crippen LogP contribution in [0.5, 0.6) is 5.75 Å². The zero-order valence-electron chi connectivity index (χ0n) is 22.2. The van der Waals surface area contributed by atoms with Gasteiger partial charge in [0.05, 0.1) is 17.1 Å². The molecule has 0 spiro atoms. The average molecular weight is 538 g/mol. The molecule has 1 fully saturated rings. The second-order valence-corrected chi connectivity index (χ2v) is 9.58. The fraction of sp³-hybridized carbons (Fsp3) is 0.321. The number of aromatic nitrogens is 2. The number of nitrogens with one attached hydrogen (secondary N) is 3. The summed E-state index contributed by atoms with van der Waals surface area (Å²) in [7, 11) is 5.66. The lowest BCUT2D eigenvalue weighted by Crippen LogP contribution is -2.29. The molecule has 0 radical (unpaired) electrons. The number of rotatable bonds is 13. The molecule has 1 amide bonds. The van der Waals surface area contributed by atoms with Gasteiger partial charge in [0.1, 0.15) is 5.82 Å². The van der Waals surface area contributed by atoms with Crippen molar-refractivity contribution in [2.45, 2.75) is 25.4 Å². The molecule has 4 rings (SSSR count). The second-order valence-electron chi connectivity index (χ2n) is 9.58. The summed E-state index contributed by atoms with van der Waals surface area (Å²) in [5.41, 5.74) is 3.22. The van der Waals surface area contributed by atoms with Gasteiger partial charge < -0.3 is 30.5 Å². The highest BCUT2D eigenvalue weighted by Gasteiger charge is 2.23. The summed E-state index contributed by atoms with van der Waals surface area (Å²) in [6.45, 7) is 1.71. The minimum atomic E-state index is -3.06. The molecular formula is C28H33F2N7O2. The van der Waals surface area contributed by atoms with Gasteiger partial charge in [-0.1, -0.05) is 18.7 Å². The van der Waals surface area contributed by atoms with E-state index in [9.17, 15) is 13.6 Å². The summed E-state index contributed by atoms with van der Waals surface area (Å²) >= 11 is 0. The van der Waals surface area contributed by atoms with Crippen molar-refractivity contribution in [1.82, 2.24) is 14.9 Å². The van der Waals surface area contributed by atoms with E-state index in [4.69, 9.17) is 4.74 Å². The quantitative estimate of drug-likeness (QED) is 0.244. The molecule has 1 saturated carbocycles. The molecule has 1 heterocycles. The largest absolute Gasteiger partial charge is 0.433 e. The van der Waals surface area contributed by atoms with E-state index in [1.54, 1.807) is 19.3 Å². The molecule has 3 N–H and O–H groups in total. The fourth-order valence-electron chi connectivity index (χ4n) is 3.97. The van der Waals surface area contributed by atoms with Crippen LogP contribution in [-0.2, 0) is 4.79 Å². The van der Waals surface area contributed by atoms with Crippen molar-refractivity contribution in [1.29, 1.82) is 0 Å². The zero-order valence-corrected chi connectivity index (χ0v) is 22.2. The van der Waals surface area contributed by atoms with E-state index in [-0.39, 0.29) is 17.4 Å². The third-order valence-electron chi connectivity index (χ3n) is 6.16. The first kappa shape index (κ1) is 27.8. The number of hydrogen-bond acceptors (Lipinski definition) is 8. The molecule has 0 atom stereocenters. The van der Waals surface area contributed by atoms with E-state index in [2.05, 4.69) is 44.6 Å². The maximum absolute atomic E-state index is 13.4. The summed E-state index contributed by atoms with van der Waals surface area (Å²) < 4.78 is 31.6. The predicted molar refractivity (Wildman–Crippen MR) is 151 cm³/mol. The van der Waals surface area contributed by atoms with Gasteiger partial charge in [-0.3, -0.25) is 4.79 Å². The highest BCUT2D eigenvalue weighted by atomic mass is 19.3. The molecule has 39 heavy (non-hydrogen) atoms. The number of nitrogens with zero attached hydrogens (tertiary/aromatic N) is 4. The molecule has 0 saturated heterocycles. The number of anilines is 6. The molecule has 206 valence electrons. The molecule has 0 aliphatic heterocycles. The van der Waals surface area contributed by atoms with Crippen molar-refractivity contribution in [3.63, 3.8) is 0 Å². The molecule has 9 nitrogen and oxygen atoms in total. The Kier molecular flexibility index (Phi) is 8.92. The summed E-state index contributed by atoms with van der Waals surface area (Å²) in [6.07, 6.45) is 5.09. The second kappa shape index (κ2) is 12.5. The van der Waals surface area contributed by atoms with Gasteiger partial charge >= 0.3 is 6.61 Å². The van der Waals surface area contributed by atoms with Crippen LogP contribution in [0.3, 0.4) is 0 Å². The van der Waals surface area contributed by atoms with Crippen molar-refractivity contribution in [3.05, 3.63) is 66.9 Å². The number of alkyl halides is 2. The Bertz CT molecular complexity index is 1310. The monoisotopic (exact) mass is 537 g/mol. The van der Waals surface area contributed by atoms with Crippen molar-refractivity contribution in [3.8, 4) is 5.75 Å². The van der Waals surface area contributed by atoms with Crippen LogP contribution in [0.1, 0.15) is 24.3 Å². The lowest BCUT2D eigenvalue weighted by Gasteiger charge is -2.26. The fourth-order valence-corrected chi connectivity index (χ4v) is 3.97. The standard InChI is InChI=1S/C28H33F2N7O2/c1-5-26(38)33-21-16-22(24(39-27(29)30)17-23(21)37(4)14-13-36(2)3)34-28-31-12-11-25(35-28)32-20-8-6-7-19(15-20)18-9-10-18/h5-8,11-12,15-18,27H,1,9-10,13-14H2,2-4H3,(H,33,38)(H2,31,32,34,35). The summed E-state index contributed by atoms with van der Waals surface area (Å²) in [5, 5.41) is 8.99. The summed E-state index contributed by atoms with van der Waals surface area (Å²) in [6, 6.07) is 12.9. The Balaban J connectivity index is 1.63. The Morgan fingerprint density at radius 2 is 1.92 bits per heavy atom. The number of amides is 1. The third kappa shape index (κ3) is 7.87. The minimum Gasteiger partial charge on any atom is -0.433 e. The highest BCUT2D eigenvalue weighted by Crippen LogP contribution is 2.41. The van der Waals surface area contributed by atoms with E-state index in [0.29, 0.717) is 36.2 Å². The van der Waals surface area contributed by atoms with Crippen LogP contribution in [0.4, 0.5) is 43.3 Å². The molecule has 3 aromatic rings. The summed E-state index contributed by atoms with van der Waals surface area (Å²) in [4.78, 5) is 24.8. The van der Waals surface area contributed by atoms with Gasteiger partial charge in [-0.05, 0) is 68.8 Å². The van der Waals surface area contributed by atoms with Crippen LogP contribution >= 0.6 is 0 Å².